The Morgan fingerprint density at radius 1 is 0.595 bits per heavy atom. The molecule has 0 unspecified atom stereocenters. The fraction of sp³-hybridized carbons (Fsp3) is 0.0588. The van der Waals surface area contributed by atoms with Crippen LogP contribution in [0.5, 0.6) is 0 Å². The van der Waals surface area contributed by atoms with Crippen molar-refractivity contribution in [3.8, 4) is 0 Å². The second-order valence-electron chi connectivity index (χ2n) is 8.91. The van der Waals surface area contributed by atoms with Gasteiger partial charge < -0.3 is 11.1 Å². The van der Waals surface area contributed by atoms with Crippen LogP contribution in [0, 0.1) is 11.6 Å². The molecule has 216 valence electrons. The van der Waals surface area contributed by atoms with E-state index >= 15 is 0 Å². The first-order chi connectivity index (χ1) is 19.7. The van der Waals surface area contributed by atoms with Crippen LogP contribution in [0.2, 0.25) is 0 Å². The number of hydrogen-bond donors (Lipinski definition) is 2. The number of hydrogen-bond acceptors (Lipinski definition) is 4. The predicted molar refractivity (Wildman–Crippen MR) is 172 cm³/mol. The summed E-state index contributed by atoms with van der Waals surface area (Å²) >= 11 is 0. The van der Waals surface area contributed by atoms with Crippen molar-refractivity contribution in [1.82, 2.24) is 0 Å². The molecule has 6 aromatic rings. The Morgan fingerprint density at radius 3 is 1.57 bits per heavy atom. The lowest BCUT2D eigenvalue weighted by Gasteiger charge is -2.10. The predicted octanol–water partition coefficient (Wildman–Crippen LogP) is 9.40. The Kier molecular flexibility index (Phi) is 11.4. The van der Waals surface area contributed by atoms with Crippen LogP contribution in [0.3, 0.4) is 0 Å². The molecule has 42 heavy (non-hydrogen) atoms. The first-order valence-electron chi connectivity index (χ1n) is 12.6. The van der Waals surface area contributed by atoms with Gasteiger partial charge >= 0.3 is 0 Å². The topological polar surface area (TPSA) is 72.2 Å². The van der Waals surface area contributed by atoms with Crippen molar-refractivity contribution in [2.45, 2.75) is 18.9 Å². The molecule has 3 N–H and O–H groups in total. The number of nitrogen functional groups attached to an aromatic ring is 1. The molecule has 0 bridgehead atoms. The lowest BCUT2D eigenvalue weighted by atomic mass is 10.0. The molecular weight excluding hydrogens is 574 g/mol. The summed E-state index contributed by atoms with van der Waals surface area (Å²) in [5, 5.41) is 5.54. The average Bonchev–Trinajstić information content (AvgIpc) is 2.98. The van der Waals surface area contributed by atoms with Crippen LogP contribution in [0.15, 0.2) is 138 Å². The van der Waals surface area contributed by atoms with Gasteiger partial charge in [0, 0.05) is 44.8 Å². The molecule has 8 heteroatoms. The summed E-state index contributed by atoms with van der Waals surface area (Å²) in [6, 6.07) is 39.0. The zero-order valence-electron chi connectivity index (χ0n) is 21.8. The van der Waals surface area contributed by atoms with E-state index in [1.165, 1.54) is 24.3 Å². The fourth-order valence-electron chi connectivity index (χ4n) is 4.13. The van der Waals surface area contributed by atoms with Gasteiger partial charge in [0.05, 0.1) is 4.90 Å². The minimum atomic E-state index is -3.84. The smallest absolute Gasteiger partial charge is 0.261 e. The summed E-state index contributed by atoms with van der Waals surface area (Å²) < 4.78 is 49.4. The zero-order chi connectivity index (χ0) is 29.2. The maximum Gasteiger partial charge on any atom is 0.261 e. The highest BCUT2D eigenvalue weighted by atomic mass is 35.7. The number of benzene rings is 6. The average molecular weight is 605 g/mol. The summed E-state index contributed by atoms with van der Waals surface area (Å²) in [4.78, 5) is -0.0684. The van der Waals surface area contributed by atoms with Crippen LogP contribution in [0.25, 0.3) is 21.5 Å². The number of fused-ring (bicyclic) bond motifs is 2. The van der Waals surface area contributed by atoms with E-state index in [2.05, 4.69) is 5.32 Å². The quantitative estimate of drug-likeness (QED) is 0.155. The molecule has 0 radical (unpaired) electrons. The molecule has 0 amide bonds. The molecule has 6 rings (SSSR count). The molecule has 0 aliphatic heterocycles. The summed E-state index contributed by atoms with van der Waals surface area (Å²) in [7, 11) is 1.40. The van der Waals surface area contributed by atoms with Crippen LogP contribution in [0.4, 0.5) is 20.2 Å². The lowest BCUT2D eigenvalue weighted by Crippen LogP contribution is -2.00. The first kappa shape index (κ1) is 32.1. The Morgan fingerprint density at radius 2 is 1.05 bits per heavy atom. The number of nitrogens with two attached hydrogens (primary N) is 1. The number of anilines is 2. The van der Waals surface area contributed by atoms with Gasteiger partial charge in [-0.2, -0.15) is 0 Å². The lowest BCUT2D eigenvalue weighted by molar-refractivity contribution is 0.609. The molecule has 6 aromatic carbocycles. The maximum absolute atomic E-state index is 13.7. The highest BCUT2D eigenvalue weighted by Crippen LogP contribution is 2.27. The molecule has 0 fully saturated rings. The molecular formula is C34H31ClF2N2O2S. The molecule has 0 heterocycles. The minimum absolute atomic E-state index is 0. The second kappa shape index (κ2) is 15.0. The van der Waals surface area contributed by atoms with Crippen molar-refractivity contribution in [3.63, 3.8) is 0 Å². The summed E-state index contributed by atoms with van der Waals surface area (Å²) in [6.45, 7) is 0.685. The van der Waals surface area contributed by atoms with Gasteiger partial charge in [0.2, 0.25) is 0 Å². The maximum atomic E-state index is 13.7. The minimum Gasteiger partial charge on any atom is -0.399 e. The van der Waals surface area contributed by atoms with E-state index in [4.69, 9.17) is 16.4 Å². The largest absolute Gasteiger partial charge is 0.399 e. The number of para-hydroxylation sites is 2. The highest BCUT2D eigenvalue weighted by molar-refractivity contribution is 8.14. The van der Waals surface area contributed by atoms with Crippen LogP contribution in [-0.2, 0) is 15.6 Å². The molecule has 0 saturated heterocycles. The monoisotopic (exact) mass is 604 g/mol. The Bertz CT molecular complexity index is 1850. The van der Waals surface area contributed by atoms with Gasteiger partial charge in [-0.15, -0.1) is 0 Å². The second-order valence-corrected chi connectivity index (χ2v) is 11.4. The molecule has 0 aromatic heterocycles. The number of rotatable bonds is 4. The summed E-state index contributed by atoms with van der Waals surface area (Å²) in [5.74, 6) is -0.631. The fourth-order valence-corrected chi connectivity index (χ4v) is 5.21. The molecule has 0 saturated carbocycles. The molecule has 0 atom stereocenters. The van der Waals surface area contributed by atoms with Crippen molar-refractivity contribution >= 4 is 52.7 Å². The third-order valence-corrected chi connectivity index (χ3v) is 7.49. The highest BCUT2D eigenvalue weighted by Gasteiger charge is 2.15. The van der Waals surface area contributed by atoms with Crippen molar-refractivity contribution < 1.29 is 17.2 Å². The molecule has 0 spiro atoms. The van der Waals surface area contributed by atoms with Gasteiger partial charge in [0.15, 0.2) is 0 Å². The summed E-state index contributed by atoms with van der Waals surface area (Å²) in [6.07, 6.45) is 0. The van der Waals surface area contributed by atoms with Gasteiger partial charge in [-0.1, -0.05) is 98.4 Å². The van der Waals surface area contributed by atoms with E-state index in [1.54, 1.807) is 12.1 Å². The van der Waals surface area contributed by atoms with Crippen LogP contribution >= 0.6 is 10.7 Å². The third-order valence-electron chi connectivity index (χ3n) is 6.11. The van der Waals surface area contributed by atoms with Gasteiger partial charge in [-0.05, 0) is 53.4 Å². The van der Waals surface area contributed by atoms with Crippen molar-refractivity contribution in [2.75, 3.05) is 11.1 Å². The normalized spacial score (nSPS) is 10.5. The van der Waals surface area contributed by atoms with E-state index in [1.807, 2.05) is 91.0 Å². The van der Waals surface area contributed by atoms with Gasteiger partial charge in [-0.25, -0.2) is 17.2 Å². The standard InChI is InChI=1S/C17H14FN.C10H6ClFO2S.C6H7N.CH4/c18-17-11-10-13(15-8-4-5-9-16(15)17)12-19-14-6-2-1-3-7-14;11-15(13,14)10-6-5-9(12)7-3-1-2-4-8(7)10;7-6-4-2-1-3-5-6;/h1-11,19H,12H2;1-6H;1-5H,7H2;1H4. The van der Waals surface area contributed by atoms with Crippen LogP contribution in [0.1, 0.15) is 13.0 Å². The summed E-state index contributed by atoms with van der Waals surface area (Å²) in [5.41, 5.74) is 8.34. The van der Waals surface area contributed by atoms with Crippen molar-refractivity contribution in [3.05, 3.63) is 151 Å². The van der Waals surface area contributed by atoms with Crippen LogP contribution < -0.4 is 11.1 Å². The Labute approximate surface area is 249 Å². The Hall–Kier alpha value is -4.46. The Balaban J connectivity index is 0.000000188. The van der Waals surface area contributed by atoms with Gasteiger partial charge in [0.1, 0.15) is 11.6 Å². The SMILES string of the molecule is C.Fc1ccc(CNc2ccccc2)c2ccccc12.Nc1ccccc1.O=S(=O)(Cl)c1ccc(F)c2ccccc12. The van der Waals surface area contributed by atoms with Gasteiger partial charge in [-0.3, -0.25) is 0 Å². The van der Waals surface area contributed by atoms with E-state index < -0.39 is 14.9 Å². The van der Waals surface area contributed by atoms with E-state index in [9.17, 15) is 17.2 Å². The number of halogens is 3. The van der Waals surface area contributed by atoms with Crippen LogP contribution in [-0.4, -0.2) is 8.42 Å². The van der Waals surface area contributed by atoms with E-state index in [0.29, 0.717) is 17.3 Å². The van der Waals surface area contributed by atoms with Gasteiger partial charge in [0.25, 0.3) is 9.05 Å². The molecule has 4 nitrogen and oxygen atoms in total. The first-order valence-corrected chi connectivity index (χ1v) is 14.9. The van der Waals surface area contributed by atoms with Crippen molar-refractivity contribution in [1.29, 1.82) is 0 Å². The molecule has 0 aliphatic rings. The van der Waals surface area contributed by atoms with Crippen molar-refractivity contribution in [2.24, 2.45) is 0 Å². The van der Waals surface area contributed by atoms with E-state index in [-0.39, 0.29) is 23.5 Å². The zero-order valence-corrected chi connectivity index (χ0v) is 23.4. The number of nitrogens with one attached hydrogen (secondary N) is 1. The van der Waals surface area contributed by atoms with E-state index in [0.717, 1.165) is 28.4 Å². The molecule has 0 aliphatic carbocycles. The third kappa shape index (κ3) is 8.52.